The second-order valence-electron chi connectivity index (χ2n) is 5.62. The molecule has 0 spiro atoms. The lowest BCUT2D eigenvalue weighted by Crippen LogP contribution is -2.15. The summed E-state index contributed by atoms with van der Waals surface area (Å²) in [7, 11) is 0. The Morgan fingerprint density at radius 2 is 1.80 bits per heavy atom. The maximum atomic E-state index is 5.83. The molecule has 4 aromatic rings. The second kappa shape index (κ2) is 6.09. The monoisotopic (exact) mass is 328 g/mol. The first kappa shape index (κ1) is 14.9. The van der Waals surface area contributed by atoms with Gasteiger partial charge >= 0.3 is 0 Å². The molecule has 0 aliphatic heterocycles. The van der Waals surface area contributed by atoms with E-state index >= 15 is 0 Å². The van der Waals surface area contributed by atoms with Crippen molar-refractivity contribution in [2.24, 2.45) is 16.7 Å². The standard InChI is InChI=1S/C19H16N6/c20-18(25-21)12-6-7-14-16-11-22-9-8-15(16)19(24-17(14)10-12)23-13-4-2-1-3-5-13/h1-11H,21H2,(H2,20,25)(H,23,24). The smallest absolute Gasteiger partial charge is 0.150 e. The lowest BCUT2D eigenvalue weighted by atomic mass is 10.1. The van der Waals surface area contributed by atoms with Crippen molar-refractivity contribution in [2.75, 3.05) is 5.32 Å². The molecular formula is C19H16N6. The van der Waals surface area contributed by atoms with Crippen molar-refractivity contribution < 1.29 is 0 Å². The number of nitrogens with zero attached hydrogens (tertiary/aromatic N) is 3. The van der Waals surface area contributed by atoms with Crippen molar-refractivity contribution in [2.45, 2.75) is 0 Å². The Labute approximate surface area is 144 Å². The van der Waals surface area contributed by atoms with Crippen LogP contribution in [-0.2, 0) is 0 Å². The Morgan fingerprint density at radius 1 is 0.960 bits per heavy atom. The highest BCUT2D eigenvalue weighted by molar-refractivity contribution is 6.11. The summed E-state index contributed by atoms with van der Waals surface area (Å²) < 4.78 is 0. The molecule has 6 heteroatoms. The molecule has 122 valence electrons. The summed E-state index contributed by atoms with van der Waals surface area (Å²) in [6.45, 7) is 0. The molecule has 0 aliphatic carbocycles. The number of benzene rings is 2. The lowest BCUT2D eigenvalue weighted by Gasteiger charge is -2.12. The number of fused-ring (bicyclic) bond motifs is 3. The molecule has 0 unspecified atom stereocenters. The predicted molar refractivity (Wildman–Crippen MR) is 102 cm³/mol. The third-order valence-electron chi connectivity index (χ3n) is 4.07. The van der Waals surface area contributed by atoms with Gasteiger partial charge in [0.25, 0.3) is 0 Å². The van der Waals surface area contributed by atoms with E-state index in [4.69, 9.17) is 16.6 Å². The maximum absolute atomic E-state index is 5.83. The lowest BCUT2D eigenvalue weighted by molar-refractivity contribution is 1.23. The van der Waals surface area contributed by atoms with Crippen LogP contribution in [0.1, 0.15) is 5.56 Å². The summed E-state index contributed by atoms with van der Waals surface area (Å²) in [6.07, 6.45) is 3.61. The molecule has 4 rings (SSSR count). The summed E-state index contributed by atoms with van der Waals surface area (Å²) in [5.74, 6) is 6.32. The Balaban J connectivity index is 1.96. The van der Waals surface area contributed by atoms with Crippen molar-refractivity contribution in [3.63, 3.8) is 0 Å². The van der Waals surface area contributed by atoms with Gasteiger partial charge < -0.3 is 16.9 Å². The third kappa shape index (κ3) is 2.70. The van der Waals surface area contributed by atoms with E-state index in [2.05, 4.69) is 15.4 Å². The van der Waals surface area contributed by atoms with Crippen LogP contribution in [0.5, 0.6) is 0 Å². The van der Waals surface area contributed by atoms with Gasteiger partial charge in [-0.2, -0.15) is 5.10 Å². The van der Waals surface area contributed by atoms with Crippen LogP contribution in [0.3, 0.4) is 0 Å². The van der Waals surface area contributed by atoms with Crippen LogP contribution in [0, 0.1) is 0 Å². The highest BCUT2D eigenvalue weighted by Crippen LogP contribution is 2.30. The zero-order chi connectivity index (χ0) is 17.2. The van der Waals surface area contributed by atoms with E-state index in [1.54, 1.807) is 6.20 Å². The van der Waals surface area contributed by atoms with Gasteiger partial charge in [-0.1, -0.05) is 30.3 Å². The minimum Gasteiger partial charge on any atom is -0.382 e. The van der Waals surface area contributed by atoms with E-state index in [-0.39, 0.29) is 5.84 Å². The molecule has 5 N–H and O–H groups in total. The average molecular weight is 328 g/mol. The molecule has 0 atom stereocenters. The van der Waals surface area contributed by atoms with E-state index in [0.29, 0.717) is 0 Å². The molecule has 2 heterocycles. The first-order valence-corrected chi connectivity index (χ1v) is 7.79. The fourth-order valence-electron chi connectivity index (χ4n) is 2.84. The summed E-state index contributed by atoms with van der Waals surface area (Å²) in [5, 5.41) is 9.94. The number of aromatic nitrogens is 2. The fraction of sp³-hybridized carbons (Fsp3) is 0. The number of amidine groups is 1. The number of hydrogen-bond donors (Lipinski definition) is 3. The molecule has 2 aromatic heterocycles. The third-order valence-corrected chi connectivity index (χ3v) is 4.07. The minimum absolute atomic E-state index is 0.271. The van der Waals surface area contributed by atoms with Crippen LogP contribution in [0.15, 0.2) is 72.1 Å². The zero-order valence-corrected chi connectivity index (χ0v) is 13.3. The quantitative estimate of drug-likeness (QED) is 0.176. The van der Waals surface area contributed by atoms with Gasteiger partial charge in [-0.25, -0.2) is 4.98 Å². The number of para-hydroxylation sites is 1. The van der Waals surface area contributed by atoms with Gasteiger partial charge in [0.2, 0.25) is 0 Å². The molecule has 0 fully saturated rings. The first-order chi connectivity index (χ1) is 12.3. The number of nitrogens with two attached hydrogens (primary N) is 2. The summed E-state index contributed by atoms with van der Waals surface area (Å²) in [5.41, 5.74) is 8.32. The molecule has 0 amide bonds. The Kier molecular flexibility index (Phi) is 3.63. The first-order valence-electron chi connectivity index (χ1n) is 7.79. The maximum Gasteiger partial charge on any atom is 0.150 e. The van der Waals surface area contributed by atoms with Gasteiger partial charge in [0.15, 0.2) is 0 Å². The molecular weight excluding hydrogens is 312 g/mol. The van der Waals surface area contributed by atoms with Crippen LogP contribution in [0.25, 0.3) is 21.7 Å². The fourth-order valence-corrected chi connectivity index (χ4v) is 2.84. The number of nitrogens with one attached hydrogen (secondary N) is 1. The van der Waals surface area contributed by atoms with Crippen molar-refractivity contribution in [3.05, 3.63) is 72.6 Å². The molecule has 0 saturated carbocycles. The molecule has 2 aromatic carbocycles. The summed E-state index contributed by atoms with van der Waals surface area (Å²) in [4.78, 5) is 9.05. The Bertz CT molecular complexity index is 1090. The molecule has 0 saturated heterocycles. The van der Waals surface area contributed by atoms with Crippen molar-refractivity contribution in [1.82, 2.24) is 9.97 Å². The average Bonchev–Trinajstić information content (AvgIpc) is 2.68. The molecule has 6 nitrogen and oxygen atoms in total. The van der Waals surface area contributed by atoms with E-state index in [1.807, 2.05) is 60.8 Å². The highest BCUT2D eigenvalue weighted by atomic mass is 15.2. The predicted octanol–water partition coefficient (Wildman–Crippen LogP) is 3.11. The van der Waals surface area contributed by atoms with Crippen molar-refractivity contribution in [1.29, 1.82) is 0 Å². The number of pyridine rings is 2. The SMILES string of the molecule is N/N=C(\N)c1ccc2c(c1)nc(Nc1ccccc1)c1ccncc12. The van der Waals surface area contributed by atoms with E-state index in [9.17, 15) is 0 Å². The molecule has 0 aliphatic rings. The van der Waals surface area contributed by atoms with Gasteiger partial charge in [0.05, 0.1) is 5.52 Å². The van der Waals surface area contributed by atoms with Crippen molar-refractivity contribution >= 4 is 39.0 Å². The minimum atomic E-state index is 0.271. The summed E-state index contributed by atoms with van der Waals surface area (Å²) >= 11 is 0. The highest BCUT2D eigenvalue weighted by Gasteiger charge is 2.10. The number of anilines is 2. The van der Waals surface area contributed by atoms with Gasteiger partial charge in [-0.3, -0.25) is 4.98 Å². The second-order valence-corrected chi connectivity index (χ2v) is 5.62. The van der Waals surface area contributed by atoms with Crippen LogP contribution in [0.2, 0.25) is 0 Å². The number of hydrogen-bond acceptors (Lipinski definition) is 5. The largest absolute Gasteiger partial charge is 0.382 e. The van der Waals surface area contributed by atoms with Crippen LogP contribution >= 0.6 is 0 Å². The number of hydrazone groups is 1. The van der Waals surface area contributed by atoms with Gasteiger partial charge in [-0.05, 0) is 24.3 Å². The summed E-state index contributed by atoms with van der Waals surface area (Å²) in [6, 6.07) is 17.6. The molecule has 0 bridgehead atoms. The number of rotatable bonds is 3. The van der Waals surface area contributed by atoms with E-state index in [1.165, 1.54) is 0 Å². The van der Waals surface area contributed by atoms with E-state index < -0.39 is 0 Å². The molecule has 25 heavy (non-hydrogen) atoms. The van der Waals surface area contributed by atoms with Crippen LogP contribution in [-0.4, -0.2) is 15.8 Å². The van der Waals surface area contributed by atoms with E-state index in [0.717, 1.165) is 38.7 Å². The Hall–Kier alpha value is -3.67. The molecule has 0 radical (unpaired) electrons. The van der Waals surface area contributed by atoms with Crippen LogP contribution < -0.4 is 16.9 Å². The normalized spacial score (nSPS) is 11.8. The van der Waals surface area contributed by atoms with Crippen molar-refractivity contribution in [3.8, 4) is 0 Å². The van der Waals surface area contributed by atoms with Gasteiger partial charge in [-0.15, -0.1) is 0 Å². The Morgan fingerprint density at radius 3 is 2.60 bits per heavy atom. The zero-order valence-electron chi connectivity index (χ0n) is 13.3. The van der Waals surface area contributed by atoms with Crippen LogP contribution in [0.4, 0.5) is 11.5 Å². The topological polar surface area (TPSA) is 102 Å². The van der Waals surface area contributed by atoms with Gasteiger partial charge in [0.1, 0.15) is 11.7 Å². The van der Waals surface area contributed by atoms with Gasteiger partial charge in [0, 0.05) is 39.8 Å².